The van der Waals surface area contributed by atoms with Crippen LogP contribution in [-0.2, 0) is 9.59 Å². The highest BCUT2D eigenvalue weighted by Crippen LogP contribution is 2.26. The van der Waals surface area contributed by atoms with Gasteiger partial charge in [-0.05, 0) is 0 Å². The number of halogens is 8. The fraction of sp³-hybridized carbons (Fsp3) is 0.800. The van der Waals surface area contributed by atoms with Crippen LogP contribution in [0.5, 0.6) is 0 Å². The van der Waals surface area contributed by atoms with Crippen LogP contribution in [0.3, 0.4) is 0 Å². The van der Waals surface area contributed by atoms with Gasteiger partial charge in [0.15, 0.2) is 0 Å². The summed E-state index contributed by atoms with van der Waals surface area (Å²) in [6.45, 7) is -2.48. The van der Waals surface area contributed by atoms with Crippen molar-refractivity contribution in [3.63, 3.8) is 0 Å². The molecule has 1 heterocycles. The molecule has 0 spiro atoms. The van der Waals surface area contributed by atoms with E-state index in [4.69, 9.17) is 0 Å². The molecule has 1 aliphatic rings. The lowest BCUT2D eigenvalue weighted by Crippen LogP contribution is -2.56. The Kier molecular flexibility index (Phi) is 5.23. The first-order valence-corrected chi connectivity index (χ1v) is 5.85. The molecule has 2 amide bonds. The summed E-state index contributed by atoms with van der Waals surface area (Å²) < 4.78 is 97.9. The van der Waals surface area contributed by atoms with Crippen molar-refractivity contribution in [1.82, 2.24) is 9.80 Å². The van der Waals surface area contributed by atoms with E-state index in [-0.39, 0.29) is 0 Å². The predicted octanol–water partition coefficient (Wildman–Crippen LogP) is 1.46. The van der Waals surface area contributed by atoms with Gasteiger partial charge in [-0.15, -0.1) is 0 Å². The average Bonchev–Trinajstić information content (AvgIpc) is 2.42. The third-order valence-corrected chi connectivity index (χ3v) is 2.91. The van der Waals surface area contributed by atoms with E-state index in [1.54, 1.807) is 0 Å². The Balaban J connectivity index is 2.61. The number of rotatable bonds is 2. The molecule has 0 aromatic heterocycles. The van der Waals surface area contributed by atoms with Crippen molar-refractivity contribution in [1.29, 1.82) is 0 Å². The molecule has 2 atom stereocenters. The number of carbonyl (C=O) groups excluding carboxylic acids is 2. The van der Waals surface area contributed by atoms with Gasteiger partial charge in [0.25, 0.3) is 24.2 Å². The zero-order valence-corrected chi connectivity index (χ0v) is 10.7. The number of nitrogens with zero attached hydrogens (tertiary/aromatic N) is 2. The van der Waals surface area contributed by atoms with E-state index >= 15 is 0 Å². The van der Waals surface area contributed by atoms with E-state index in [9.17, 15) is 44.7 Å². The van der Waals surface area contributed by atoms with Crippen molar-refractivity contribution >= 4 is 11.8 Å². The molecule has 128 valence electrons. The average molecular weight is 342 g/mol. The first kappa shape index (κ1) is 18.4. The van der Waals surface area contributed by atoms with Crippen LogP contribution in [0.1, 0.15) is 0 Å². The lowest BCUT2D eigenvalue weighted by Gasteiger charge is -2.36. The minimum Gasteiger partial charge on any atom is -0.336 e. The zero-order valence-electron chi connectivity index (χ0n) is 10.7. The number of alkyl halides is 8. The molecule has 0 aliphatic carbocycles. The maximum Gasteiger partial charge on any atom is 0.428 e. The van der Waals surface area contributed by atoms with E-state index in [0.717, 1.165) is 0 Å². The van der Waals surface area contributed by atoms with Gasteiger partial charge in [0.2, 0.25) is 0 Å². The van der Waals surface area contributed by atoms with Crippen molar-refractivity contribution in [2.75, 3.05) is 26.2 Å². The summed E-state index contributed by atoms with van der Waals surface area (Å²) >= 11 is 0. The second kappa shape index (κ2) is 6.24. The second-order valence-corrected chi connectivity index (χ2v) is 4.46. The van der Waals surface area contributed by atoms with Crippen LogP contribution in [0, 0.1) is 0 Å². The molecule has 1 aliphatic heterocycles. The summed E-state index contributed by atoms with van der Waals surface area (Å²) in [5, 5.41) is 0. The molecule has 2 unspecified atom stereocenters. The van der Waals surface area contributed by atoms with Crippen LogP contribution < -0.4 is 0 Å². The van der Waals surface area contributed by atoms with Gasteiger partial charge >= 0.3 is 12.4 Å². The van der Waals surface area contributed by atoms with Crippen LogP contribution in [0.2, 0.25) is 0 Å². The molecule has 1 fully saturated rings. The monoisotopic (exact) mass is 342 g/mol. The lowest BCUT2D eigenvalue weighted by molar-refractivity contribution is -0.198. The van der Waals surface area contributed by atoms with Crippen molar-refractivity contribution < 1.29 is 44.7 Å². The first-order valence-electron chi connectivity index (χ1n) is 5.85. The fourth-order valence-corrected chi connectivity index (χ4v) is 1.75. The van der Waals surface area contributed by atoms with Crippen molar-refractivity contribution in [3.8, 4) is 0 Å². The number of piperazine rings is 1. The molecule has 22 heavy (non-hydrogen) atoms. The lowest BCUT2D eigenvalue weighted by atomic mass is 10.2. The smallest absolute Gasteiger partial charge is 0.336 e. The maximum absolute atomic E-state index is 12.8. The predicted molar refractivity (Wildman–Crippen MR) is 55.1 cm³/mol. The highest BCUT2D eigenvalue weighted by atomic mass is 19.4. The number of hydrogen-bond acceptors (Lipinski definition) is 2. The Bertz CT molecular complexity index is 388. The number of hydrogen-bond donors (Lipinski definition) is 0. The van der Waals surface area contributed by atoms with E-state index in [1.807, 2.05) is 0 Å². The highest BCUT2D eigenvalue weighted by Gasteiger charge is 2.49. The van der Waals surface area contributed by atoms with Crippen LogP contribution in [0.15, 0.2) is 0 Å². The van der Waals surface area contributed by atoms with Gasteiger partial charge in [0, 0.05) is 26.2 Å². The molecule has 0 aromatic carbocycles. The van der Waals surface area contributed by atoms with E-state index in [0.29, 0.717) is 9.80 Å². The summed E-state index contributed by atoms with van der Waals surface area (Å²) in [5.74, 6) is -3.79. The minimum absolute atomic E-state index is 0.419. The van der Waals surface area contributed by atoms with Gasteiger partial charge in [-0.2, -0.15) is 26.3 Å². The van der Waals surface area contributed by atoms with Crippen molar-refractivity contribution in [2.45, 2.75) is 24.7 Å². The maximum atomic E-state index is 12.8. The summed E-state index contributed by atoms with van der Waals surface area (Å²) in [4.78, 5) is 23.2. The third-order valence-electron chi connectivity index (χ3n) is 2.91. The number of carbonyl (C=O) groups is 2. The van der Waals surface area contributed by atoms with Crippen LogP contribution in [0.25, 0.3) is 0 Å². The molecule has 12 heteroatoms. The SMILES string of the molecule is O=C(C(F)C(F)(F)F)N1CCN(C(=O)C(F)C(F)(F)F)CC1. The van der Waals surface area contributed by atoms with Gasteiger partial charge in [0.1, 0.15) is 0 Å². The van der Waals surface area contributed by atoms with Crippen molar-refractivity contribution in [3.05, 3.63) is 0 Å². The summed E-state index contributed by atoms with van der Waals surface area (Å²) in [5.41, 5.74) is 0. The molecule has 0 N–H and O–H groups in total. The summed E-state index contributed by atoms with van der Waals surface area (Å²) in [7, 11) is 0. The Morgan fingerprint density at radius 1 is 0.682 bits per heavy atom. The molecular formula is C10H10F8N2O2. The quantitative estimate of drug-likeness (QED) is 0.713. The molecule has 4 nitrogen and oxygen atoms in total. The minimum atomic E-state index is -5.40. The van der Waals surface area contributed by atoms with Gasteiger partial charge in [-0.1, -0.05) is 0 Å². The fourth-order valence-electron chi connectivity index (χ4n) is 1.75. The zero-order chi connectivity index (χ0) is 17.3. The van der Waals surface area contributed by atoms with Crippen LogP contribution >= 0.6 is 0 Å². The van der Waals surface area contributed by atoms with Gasteiger partial charge < -0.3 is 9.80 Å². The summed E-state index contributed by atoms with van der Waals surface area (Å²) in [6.07, 6.45) is -18.3. The molecule has 0 bridgehead atoms. The van der Waals surface area contributed by atoms with Gasteiger partial charge in [-0.3, -0.25) is 9.59 Å². The topological polar surface area (TPSA) is 40.6 Å². The van der Waals surface area contributed by atoms with Crippen molar-refractivity contribution in [2.24, 2.45) is 0 Å². The number of amides is 2. The highest BCUT2D eigenvalue weighted by molar-refractivity contribution is 5.83. The molecular weight excluding hydrogens is 332 g/mol. The standard InChI is InChI=1S/C10H10F8N2O2/c11-5(9(13,14)15)7(21)19-1-2-20(4-3-19)8(22)6(12)10(16,17)18/h5-6H,1-4H2. The normalized spacial score (nSPS) is 19.8. The second-order valence-electron chi connectivity index (χ2n) is 4.46. The third kappa shape index (κ3) is 4.19. The van der Waals surface area contributed by atoms with E-state index < -0.39 is 62.7 Å². The van der Waals surface area contributed by atoms with E-state index in [2.05, 4.69) is 0 Å². The Hall–Kier alpha value is -1.62. The van der Waals surface area contributed by atoms with E-state index in [1.165, 1.54) is 0 Å². The molecule has 0 aromatic rings. The molecule has 0 radical (unpaired) electrons. The molecule has 1 saturated heterocycles. The Morgan fingerprint density at radius 2 is 0.909 bits per heavy atom. The Labute approximate surface area is 118 Å². The first-order chi connectivity index (χ1) is 9.85. The summed E-state index contributed by atoms with van der Waals surface area (Å²) in [6, 6.07) is 0. The van der Waals surface area contributed by atoms with Gasteiger partial charge in [0.05, 0.1) is 0 Å². The van der Waals surface area contributed by atoms with Crippen LogP contribution in [-0.4, -0.2) is 72.5 Å². The largest absolute Gasteiger partial charge is 0.428 e. The molecule has 1 rings (SSSR count). The van der Waals surface area contributed by atoms with Crippen LogP contribution in [0.4, 0.5) is 35.1 Å². The molecule has 0 saturated carbocycles. The Morgan fingerprint density at radius 3 is 1.09 bits per heavy atom. The van der Waals surface area contributed by atoms with Gasteiger partial charge in [-0.25, -0.2) is 8.78 Å².